The van der Waals surface area contributed by atoms with Gasteiger partial charge in [0.1, 0.15) is 17.7 Å². The molecule has 0 aliphatic heterocycles. The summed E-state index contributed by atoms with van der Waals surface area (Å²) in [5, 5.41) is 15.2. The quantitative estimate of drug-likeness (QED) is 0.440. The number of hydrogen-bond acceptors (Lipinski definition) is 6. The first-order valence-electron chi connectivity index (χ1n) is 10.5. The van der Waals surface area contributed by atoms with E-state index in [1.807, 2.05) is 42.0 Å². The first-order valence-corrected chi connectivity index (χ1v) is 11.3. The van der Waals surface area contributed by atoms with Crippen LogP contribution in [0.2, 0.25) is 0 Å². The molecule has 3 aromatic heterocycles. The summed E-state index contributed by atoms with van der Waals surface area (Å²) in [5.41, 5.74) is 2.69. The summed E-state index contributed by atoms with van der Waals surface area (Å²) >= 11 is 1.63. The number of hydrogen-bond donors (Lipinski definition) is 2. The Kier molecular flexibility index (Phi) is 6.40. The molecule has 2 N–H and O–H groups in total. The predicted octanol–water partition coefficient (Wildman–Crippen LogP) is 3.39. The van der Waals surface area contributed by atoms with Crippen LogP contribution in [0.1, 0.15) is 27.5 Å². The lowest BCUT2D eigenvalue weighted by molar-refractivity contribution is -0.117. The maximum absolute atomic E-state index is 12.9. The van der Waals surface area contributed by atoms with Crippen LogP contribution in [0.3, 0.4) is 0 Å². The molecule has 0 unspecified atom stereocenters. The van der Waals surface area contributed by atoms with Gasteiger partial charge in [0.05, 0.1) is 36.1 Å². The minimum atomic E-state index is -0.248. The van der Waals surface area contributed by atoms with E-state index in [2.05, 4.69) is 21.4 Å². The fourth-order valence-electron chi connectivity index (χ4n) is 3.82. The summed E-state index contributed by atoms with van der Waals surface area (Å²) in [7, 11) is 1.78. The number of rotatable bonds is 7. The topological polar surface area (TPSA) is 107 Å². The van der Waals surface area contributed by atoms with E-state index in [4.69, 9.17) is 0 Å². The number of benzene rings is 1. The molecule has 0 radical (unpaired) electrons. The van der Waals surface area contributed by atoms with Crippen LogP contribution in [-0.2, 0) is 17.9 Å². The Morgan fingerprint density at radius 2 is 2.06 bits per heavy atom. The highest BCUT2D eigenvalue weighted by molar-refractivity contribution is 7.09. The number of likely N-dealkylation sites (N-methyl/N-ethyl adjacent to an activating group) is 1. The number of aromatic amines is 1. The van der Waals surface area contributed by atoms with Crippen LogP contribution in [0, 0.1) is 25.2 Å². The molecule has 33 heavy (non-hydrogen) atoms. The van der Waals surface area contributed by atoms with Crippen molar-refractivity contribution in [3.63, 3.8) is 0 Å². The molecule has 1 amide bonds. The molecule has 0 atom stereocenters. The highest BCUT2D eigenvalue weighted by Crippen LogP contribution is 2.28. The molecule has 4 rings (SSSR count). The first kappa shape index (κ1) is 22.5. The van der Waals surface area contributed by atoms with Crippen LogP contribution in [0.5, 0.6) is 0 Å². The van der Waals surface area contributed by atoms with Crippen molar-refractivity contribution in [1.82, 2.24) is 19.4 Å². The number of nitrogens with one attached hydrogen (secondary N) is 2. The largest absolute Gasteiger partial charge is 0.325 e. The third-order valence-corrected chi connectivity index (χ3v) is 6.45. The lowest BCUT2D eigenvalue weighted by atomic mass is 10.2. The van der Waals surface area contributed by atoms with Crippen molar-refractivity contribution in [2.75, 3.05) is 18.9 Å². The van der Waals surface area contributed by atoms with Crippen LogP contribution < -0.4 is 10.9 Å². The molecule has 0 spiro atoms. The van der Waals surface area contributed by atoms with Gasteiger partial charge in [0.25, 0.3) is 5.56 Å². The van der Waals surface area contributed by atoms with Gasteiger partial charge >= 0.3 is 0 Å². The molecular weight excluding hydrogens is 436 g/mol. The molecule has 3 heterocycles. The summed E-state index contributed by atoms with van der Waals surface area (Å²) < 4.78 is 1.97. The number of nitriles is 1. The molecule has 0 bridgehead atoms. The predicted molar refractivity (Wildman–Crippen MR) is 129 cm³/mol. The molecule has 0 aliphatic rings. The van der Waals surface area contributed by atoms with Gasteiger partial charge in [0, 0.05) is 10.6 Å². The zero-order chi connectivity index (χ0) is 23.5. The van der Waals surface area contributed by atoms with Crippen molar-refractivity contribution in [2.45, 2.75) is 26.9 Å². The molecule has 4 aromatic rings. The van der Waals surface area contributed by atoms with Gasteiger partial charge in [0.15, 0.2) is 0 Å². The second-order valence-corrected chi connectivity index (χ2v) is 8.99. The van der Waals surface area contributed by atoms with Crippen LogP contribution in [-0.4, -0.2) is 38.9 Å². The number of H-pyrrole nitrogens is 1. The third-order valence-electron chi connectivity index (χ3n) is 5.59. The first-order chi connectivity index (χ1) is 15.9. The molecule has 0 saturated heterocycles. The van der Waals surface area contributed by atoms with Crippen LogP contribution in [0.25, 0.3) is 10.9 Å². The Balaban J connectivity index is 1.50. The Morgan fingerprint density at radius 3 is 2.79 bits per heavy atom. The molecule has 0 aliphatic carbocycles. The van der Waals surface area contributed by atoms with Gasteiger partial charge in [-0.15, -0.1) is 11.3 Å². The van der Waals surface area contributed by atoms with Crippen LogP contribution >= 0.6 is 11.3 Å². The summed E-state index contributed by atoms with van der Waals surface area (Å²) in [6, 6.07) is 13.4. The van der Waals surface area contributed by atoms with E-state index in [0.717, 1.165) is 16.1 Å². The van der Waals surface area contributed by atoms with Gasteiger partial charge in [-0.3, -0.25) is 14.5 Å². The van der Waals surface area contributed by atoms with Gasteiger partial charge in [-0.1, -0.05) is 18.2 Å². The van der Waals surface area contributed by atoms with Crippen molar-refractivity contribution < 1.29 is 4.79 Å². The van der Waals surface area contributed by atoms with E-state index in [0.29, 0.717) is 41.2 Å². The van der Waals surface area contributed by atoms with Crippen LogP contribution in [0.4, 0.5) is 5.82 Å². The van der Waals surface area contributed by atoms with E-state index in [1.165, 1.54) is 0 Å². The molecule has 168 valence electrons. The minimum Gasteiger partial charge on any atom is -0.325 e. The normalized spacial score (nSPS) is 11.1. The molecule has 9 heteroatoms. The van der Waals surface area contributed by atoms with Crippen molar-refractivity contribution in [1.29, 1.82) is 5.26 Å². The zero-order valence-electron chi connectivity index (χ0n) is 18.7. The summed E-state index contributed by atoms with van der Waals surface area (Å²) in [5.74, 6) is 0.748. The number of anilines is 1. The van der Waals surface area contributed by atoms with E-state index in [-0.39, 0.29) is 18.0 Å². The van der Waals surface area contributed by atoms with Crippen LogP contribution in [0.15, 0.2) is 46.6 Å². The summed E-state index contributed by atoms with van der Waals surface area (Å²) in [6.07, 6.45) is 0. The second-order valence-electron chi connectivity index (χ2n) is 7.96. The monoisotopic (exact) mass is 460 g/mol. The average molecular weight is 461 g/mol. The molecule has 0 saturated carbocycles. The summed E-state index contributed by atoms with van der Waals surface area (Å²) in [6.45, 7) is 4.80. The maximum Gasteiger partial charge on any atom is 0.258 e. The molecule has 0 fully saturated rings. The van der Waals surface area contributed by atoms with Gasteiger partial charge in [-0.25, -0.2) is 4.98 Å². The number of amides is 1. The highest BCUT2D eigenvalue weighted by Gasteiger charge is 2.20. The number of carbonyl (C=O) groups is 1. The Bertz CT molecular complexity index is 1410. The standard InChI is InChI=1S/C24H24N6O2S/c1-15-16(2)30(12-17-7-6-10-33-17)23(19(15)11-25)28-22(31)14-29(3)13-21-26-20-9-5-4-8-18(20)24(32)27-21/h4-10H,12-14H2,1-3H3,(H,28,31)(H,26,27,32). The SMILES string of the molecule is Cc1c(C#N)c(NC(=O)CN(C)Cc2nc3ccccc3c(=O)[nH]2)n(Cc2cccs2)c1C. The fraction of sp³-hybridized carbons (Fsp3) is 0.250. The molecular formula is C24H24N6O2S. The third kappa shape index (κ3) is 4.72. The highest BCUT2D eigenvalue weighted by atomic mass is 32.1. The van der Waals surface area contributed by atoms with Gasteiger partial charge in [0.2, 0.25) is 5.91 Å². The number of aromatic nitrogens is 3. The van der Waals surface area contributed by atoms with Crippen molar-refractivity contribution in [3.05, 3.63) is 79.7 Å². The van der Waals surface area contributed by atoms with Gasteiger partial charge in [-0.05, 0) is 50.0 Å². The maximum atomic E-state index is 12.9. The second kappa shape index (κ2) is 9.40. The summed E-state index contributed by atoms with van der Waals surface area (Å²) in [4.78, 5) is 35.3. The number of thiophene rings is 1. The fourth-order valence-corrected chi connectivity index (χ4v) is 4.52. The van der Waals surface area contributed by atoms with E-state index < -0.39 is 0 Å². The lowest BCUT2D eigenvalue weighted by Gasteiger charge is -2.17. The van der Waals surface area contributed by atoms with E-state index in [9.17, 15) is 14.9 Å². The zero-order valence-corrected chi connectivity index (χ0v) is 19.5. The van der Waals surface area contributed by atoms with E-state index in [1.54, 1.807) is 41.5 Å². The van der Waals surface area contributed by atoms with Gasteiger partial charge in [-0.2, -0.15) is 5.26 Å². The average Bonchev–Trinajstić information content (AvgIpc) is 3.36. The molecule has 8 nitrogen and oxygen atoms in total. The Hall–Kier alpha value is -3.74. The number of carbonyl (C=O) groups excluding carboxylic acids is 1. The lowest BCUT2D eigenvalue weighted by Crippen LogP contribution is -2.32. The van der Waals surface area contributed by atoms with Crippen molar-refractivity contribution in [3.8, 4) is 6.07 Å². The Labute approximate surface area is 195 Å². The number of nitrogens with zero attached hydrogens (tertiary/aromatic N) is 4. The Morgan fingerprint density at radius 1 is 1.27 bits per heavy atom. The van der Waals surface area contributed by atoms with Crippen molar-refractivity contribution >= 4 is 34.0 Å². The smallest absolute Gasteiger partial charge is 0.258 e. The van der Waals surface area contributed by atoms with Gasteiger partial charge < -0.3 is 14.9 Å². The van der Waals surface area contributed by atoms with Crippen molar-refractivity contribution in [2.24, 2.45) is 0 Å². The number of fused-ring (bicyclic) bond motifs is 1. The number of para-hydroxylation sites is 1. The van der Waals surface area contributed by atoms with E-state index >= 15 is 0 Å². The molecule has 1 aromatic carbocycles. The minimum absolute atomic E-state index is 0.0731.